The van der Waals surface area contributed by atoms with Crippen LogP contribution in [-0.4, -0.2) is 27.7 Å². The van der Waals surface area contributed by atoms with E-state index in [4.69, 9.17) is 4.98 Å². The fourth-order valence-corrected chi connectivity index (χ4v) is 4.08. The van der Waals surface area contributed by atoms with Gasteiger partial charge in [-0.2, -0.15) is 5.26 Å². The number of hydrogen-bond acceptors (Lipinski definition) is 5. The number of thioether (sulfide) groups is 1. The van der Waals surface area contributed by atoms with Crippen molar-refractivity contribution in [2.24, 2.45) is 0 Å². The average Bonchev–Trinajstić information content (AvgIpc) is 2.65. The number of nitrogens with one attached hydrogen (secondary N) is 1. The Balaban J connectivity index is 2.01. The quantitative estimate of drug-likeness (QED) is 0.819. The van der Waals surface area contributed by atoms with Gasteiger partial charge in [-0.05, 0) is 62.8 Å². The van der Waals surface area contributed by atoms with Gasteiger partial charge in [-0.3, -0.25) is 9.78 Å². The zero-order chi connectivity index (χ0) is 18.5. The topological polar surface area (TPSA) is 78.7 Å². The van der Waals surface area contributed by atoms with Crippen LogP contribution in [0.25, 0.3) is 11.3 Å². The van der Waals surface area contributed by atoms with E-state index in [1.165, 1.54) is 11.8 Å². The first-order valence-electron chi connectivity index (χ1n) is 8.88. The molecule has 2 aromatic rings. The lowest BCUT2D eigenvalue weighted by atomic mass is 9.87. The summed E-state index contributed by atoms with van der Waals surface area (Å²) < 4.78 is 0. The Morgan fingerprint density at radius 1 is 1.35 bits per heavy atom. The molecule has 1 N–H and O–H groups in total. The second-order valence-electron chi connectivity index (χ2n) is 6.67. The second-order valence-corrected chi connectivity index (χ2v) is 7.63. The van der Waals surface area contributed by atoms with E-state index in [1.807, 2.05) is 32.2 Å². The third-order valence-electron chi connectivity index (χ3n) is 4.32. The van der Waals surface area contributed by atoms with Crippen molar-refractivity contribution in [3.05, 3.63) is 41.2 Å². The number of aromatic nitrogens is 2. The van der Waals surface area contributed by atoms with Crippen LogP contribution in [0.15, 0.2) is 29.6 Å². The van der Waals surface area contributed by atoms with E-state index in [2.05, 4.69) is 16.4 Å². The number of fused-ring (bicyclic) bond motifs is 1. The summed E-state index contributed by atoms with van der Waals surface area (Å²) in [5.74, 6) is 0.210. The van der Waals surface area contributed by atoms with Crippen LogP contribution in [0.3, 0.4) is 0 Å². The molecule has 26 heavy (non-hydrogen) atoms. The minimum atomic E-state index is -0.0451. The molecule has 0 spiro atoms. The summed E-state index contributed by atoms with van der Waals surface area (Å²) in [6, 6.07) is 6.33. The molecule has 5 nitrogen and oxygen atoms in total. The monoisotopic (exact) mass is 366 g/mol. The first-order chi connectivity index (χ1) is 12.6. The molecule has 0 saturated carbocycles. The molecule has 2 heterocycles. The van der Waals surface area contributed by atoms with E-state index < -0.39 is 0 Å². The summed E-state index contributed by atoms with van der Waals surface area (Å²) in [5, 5.41) is 13.3. The van der Waals surface area contributed by atoms with Gasteiger partial charge in [-0.1, -0.05) is 11.8 Å². The van der Waals surface area contributed by atoms with Crippen LogP contribution in [0.1, 0.15) is 43.4 Å². The molecule has 134 valence electrons. The molecule has 2 aromatic heterocycles. The lowest BCUT2D eigenvalue weighted by Crippen LogP contribution is -2.31. The number of pyridine rings is 2. The van der Waals surface area contributed by atoms with Crippen LogP contribution in [0.2, 0.25) is 0 Å². The molecule has 0 aromatic carbocycles. The Hall–Kier alpha value is -2.39. The molecular formula is C20H22N4OS. The van der Waals surface area contributed by atoms with Crippen molar-refractivity contribution >= 4 is 17.7 Å². The highest BCUT2D eigenvalue weighted by Crippen LogP contribution is 2.36. The lowest BCUT2D eigenvalue weighted by molar-refractivity contribution is -0.119. The number of carbonyl (C=O) groups is 1. The van der Waals surface area contributed by atoms with Gasteiger partial charge in [0.25, 0.3) is 0 Å². The minimum absolute atomic E-state index is 0.0451. The molecule has 1 aliphatic rings. The van der Waals surface area contributed by atoms with Crippen molar-refractivity contribution in [2.45, 2.75) is 50.6 Å². The fourth-order valence-electron chi connectivity index (χ4n) is 3.26. The predicted molar refractivity (Wildman–Crippen MR) is 103 cm³/mol. The SMILES string of the molecule is CC(C)NC(=O)CSc1nc(-c2cccnc2)c2c(c1C#N)CCCC2. The number of nitrogens with zero attached hydrogens (tertiary/aromatic N) is 3. The van der Waals surface area contributed by atoms with E-state index in [0.717, 1.165) is 48.1 Å². The van der Waals surface area contributed by atoms with Crippen LogP contribution in [0, 0.1) is 11.3 Å². The van der Waals surface area contributed by atoms with Gasteiger partial charge in [0.15, 0.2) is 0 Å². The number of rotatable bonds is 5. The molecule has 0 fully saturated rings. The van der Waals surface area contributed by atoms with E-state index in [1.54, 1.807) is 6.20 Å². The third kappa shape index (κ3) is 4.05. The van der Waals surface area contributed by atoms with Crippen LogP contribution in [-0.2, 0) is 17.6 Å². The highest BCUT2D eigenvalue weighted by atomic mass is 32.2. The van der Waals surface area contributed by atoms with Gasteiger partial charge in [0.2, 0.25) is 5.91 Å². The fraction of sp³-hybridized carbons (Fsp3) is 0.400. The Kier molecular flexibility index (Phi) is 5.89. The molecule has 0 bridgehead atoms. The molecule has 3 rings (SSSR count). The number of hydrogen-bond donors (Lipinski definition) is 1. The maximum absolute atomic E-state index is 12.0. The Morgan fingerprint density at radius 2 is 2.12 bits per heavy atom. The molecule has 0 saturated heterocycles. The highest BCUT2D eigenvalue weighted by Gasteiger charge is 2.23. The molecule has 1 aliphatic carbocycles. The molecule has 0 radical (unpaired) electrons. The molecule has 0 atom stereocenters. The van der Waals surface area contributed by atoms with Crippen molar-refractivity contribution in [3.63, 3.8) is 0 Å². The van der Waals surface area contributed by atoms with Gasteiger partial charge in [0, 0.05) is 24.0 Å². The van der Waals surface area contributed by atoms with Crippen molar-refractivity contribution < 1.29 is 4.79 Å². The first-order valence-corrected chi connectivity index (χ1v) is 9.87. The highest BCUT2D eigenvalue weighted by molar-refractivity contribution is 8.00. The number of nitriles is 1. The zero-order valence-electron chi connectivity index (χ0n) is 15.1. The standard InChI is InChI=1S/C20H22N4OS/c1-13(2)23-18(25)12-26-20-17(10-21)15-7-3-4-8-16(15)19(24-20)14-6-5-9-22-11-14/h5-6,9,11,13H,3-4,7-8,12H2,1-2H3,(H,23,25). The Bertz CT molecular complexity index is 843. The van der Waals surface area contributed by atoms with Crippen LogP contribution in [0.5, 0.6) is 0 Å². The van der Waals surface area contributed by atoms with Crippen LogP contribution < -0.4 is 5.32 Å². The summed E-state index contributed by atoms with van der Waals surface area (Å²) in [5.41, 5.74) is 4.76. The second kappa shape index (κ2) is 8.33. The van der Waals surface area contributed by atoms with Crippen molar-refractivity contribution in [1.82, 2.24) is 15.3 Å². The summed E-state index contributed by atoms with van der Waals surface area (Å²) >= 11 is 1.34. The third-order valence-corrected chi connectivity index (χ3v) is 5.29. The predicted octanol–water partition coefficient (Wildman–Crippen LogP) is 3.51. The van der Waals surface area contributed by atoms with Crippen molar-refractivity contribution in [3.8, 4) is 17.3 Å². The molecule has 1 amide bonds. The van der Waals surface area contributed by atoms with Gasteiger partial charge >= 0.3 is 0 Å². The molecular weight excluding hydrogens is 344 g/mol. The van der Waals surface area contributed by atoms with Crippen LogP contribution >= 0.6 is 11.8 Å². The van der Waals surface area contributed by atoms with Crippen LogP contribution in [0.4, 0.5) is 0 Å². The van der Waals surface area contributed by atoms with E-state index >= 15 is 0 Å². The van der Waals surface area contributed by atoms with Gasteiger partial charge in [-0.25, -0.2) is 4.98 Å². The Morgan fingerprint density at radius 3 is 2.77 bits per heavy atom. The van der Waals surface area contributed by atoms with Gasteiger partial charge in [-0.15, -0.1) is 0 Å². The van der Waals surface area contributed by atoms with E-state index in [9.17, 15) is 10.1 Å². The normalized spacial score (nSPS) is 13.2. The summed E-state index contributed by atoms with van der Waals surface area (Å²) in [6.07, 6.45) is 7.56. The maximum atomic E-state index is 12.0. The maximum Gasteiger partial charge on any atom is 0.230 e. The van der Waals surface area contributed by atoms with E-state index in [-0.39, 0.29) is 17.7 Å². The smallest absolute Gasteiger partial charge is 0.230 e. The van der Waals surface area contributed by atoms with Crippen molar-refractivity contribution in [1.29, 1.82) is 5.26 Å². The van der Waals surface area contributed by atoms with E-state index in [0.29, 0.717) is 10.6 Å². The molecule has 6 heteroatoms. The lowest BCUT2D eigenvalue weighted by Gasteiger charge is -2.22. The molecule has 0 aliphatic heterocycles. The molecule has 0 unspecified atom stereocenters. The first kappa shape index (κ1) is 18.4. The zero-order valence-corrected chi connectivity index (χ0v) is 15.9. The van der Waals surface area contributed by atoms with Gasteiger partial charge < -0.3 is 5.32 Å². The Labute approximate surface area is 158 Å². The van der Waals surface area contributed by atoms with Crippen molar-refractivity contribution in [2.75, 3.05) is 5.75 Å². The summed E-state index contributed by atoms with van der Waals surface area (Å²) in [4.78, 5) is 21.0. The van der Waals surface area contributed by atoms with Gasteiger partial charge in [0.05, 0.1) is 17.0 Å². The minimum Gasteiger partial charge on any atom is -0.353 e. The summed E-state index contributed by atoms with van der Waals surface area (Å²) in [7, 11) is 0. The van der Waals surface area contributed by atoms with Gasteiger partial charge in [0.1, 0.15) is 11.1 Å². The average molecular weight is 366 g/mol. The number of carbonyl (C=O) groups excluding carboxylic acids is 1. The largest absolute Gasteiger partial charge is 0.353 e. The summed E-state index contributed by atoms with van der Waals surface area (Å²) in [6.45, 7) is 3.86. The number of amides is 1.